The zero-order valence-electron chi connectivity index (χ0n) is 16.6. The molecule has 0 saturated heterocycles. The number of nitrogens with zero attached hydrogens (tertiary/aromatic N) is 1. The quantitative estimate of drug-likeness (QED) is 0.466. The Morgan fingerprint density at radius 3 is 2.29 bits per heavy atom. The van der Waals surface area contributed by atoms with Gasteiger partial charge in [-0.1, -0.05) is 66.7 Å². The van der Waals surface area contributed by atoms with E-state index < -0.39 is 22.0 Å². The minimum absolute atomic E-state index is 0.106. The van der Waals surface area contributed by atoms with Crippen LogP contribution in [0.5, 0.6) is 0 Å². The van der Waals surface area contributed by atoms with Crippen molar-refractivity contribution < 1.29 is 13.2 Å². The van der Waals surface area contributed by atoms with Gasteiger partial charge in [0, 0.05) is 6.20 Å². The predicted octanol–water partition coefficient (Wildman–Crippen LogP) is 3.76. The van der Waals surface area contributed by atoms with Crippen LogP contribution in [0.4, 0.5) is 5.82 Å². The first-order chi connectivity index (χ1) is 15.0. The third kappa shape index (κ3) is 5.14. The van der Waals surface area contributed by atoms with E-state index >= 15 is 0 Å². The second-order valence-electron chi connectivity index (χ2n) is 7.08. The highest BCUT2D eigenvalue weighted by atomic mass is 32.2. The van der Waals surface area contributed by atoms with Gasteiger partial charge in [-0.15, -0.1) is 0 Å². The summed E-state index contributed by atoms with van der Waals surface area (Å²) in [6.07, 6.45) is 1.76. The Bertz CT molecular complexity index is 1290. The molecule has 7 heteroatoms. The Kier molecular flexibility index (Phi) is 6.06. The first-order valence-electron chi connectivity index (χ1n) is 9.78. The molecule has 0 fully saturated rings. The molecular formula is C24H21N3O3S. The van der Waals surface area contributed by atoms with Crippen LogP contribution in [-0.4, -0.2) is 25.4 Å². The highest BCUT2D eigenvalue weighted by Gasteiger charge is 2.26. The standard InChI is InChI=1S/C24H21N3O3S/c28-24(26-23-12-6-7-15-25-23)22(16-18-8-2-1-3-9-18)27-31(29,30)21-14-13-19-10-4-5-11-20(19)17-21/h1-15,17,22,27H,16H2,(H,25,26,28)/t22-/m0/s1. The molecule has 0 radical (unpaired) electrons. The highest BCUT2D eigenvalue weighted by molar-refractivity contribution is 7.89. The Labute approximate surface area is 181 Å². The summed E-state index contributed by atoms with van der Waals surface area (Å²) in [5.41, 5.74) is 0.838. The smallest absolute Gasteiger partial charge is 0.244 e. The fourth-order valence-corrected chi connectivity index (χ4v) is 4.51. The number of pyridine rings is 1. The Hall–Kier alpha value is -3.55. The molecular weight excluding hydrogens is 410 g/mol. The summed E-state index contributed by atoms with van der Waals surface area (Å²) in [7, 11) is -3.94. The van der Waals surface area contributed by atoms with Gasteiger partial charge < -0.3 is 5.32 Å². The summed E-state index contributed by atoms with van der Waals surface area (Å²) >= 11 is 0. The normalized spacial score (nSPS) is 12.4. The predicted molar refractivity (Wildman–Crippen MR) is 121 cm³/mol. The van der Waals surface area contributed by atoms with E-state index in [2.05, 4.69) is 15.0 Å². The number of aromatic nitrogens is 1. The van der Waals surface area contributed by atoms with Crippen molar-refractivity contribution in [1.82, 2.24) is 9.71 Å². The lowest BCUT2D eigenvalue weighted by Gasteiger charge is -2.19. The summed E-state index contributed by atoms with van der Waals surface area (Å²) < 4.78 is 28.8. The molecule has 0 spiro atoms. The van der Waals surface area contributed by atoms with Crippen LogP contribution in [0.3, 0.4) is 0 Å². The lowest BCUT2D eigenvalue weighted by atomic mass is 10.1. The van der Waals surface area contributed by atoms with Gasteiger partial charge in [-0.2, -0.15) is 4.72 Å². The summed E-state index contributed by atoms with van der Waals surface area (Å²) in [6, 6.07) is 25.8. The molecule has 3 aromatic carbocycles. The van der Waals surface area contributed by atoms with E-state index in [1.54, 1.807) is 42.6 Å². The van der Waals surface area contributed by atoms with Gasteiger partial charge in [0.25, 0.3) is 0 Å². The number of carbonyl (C=O) groups excluding carboxylic acids is 1. The van der Waals surface area contributed by atoms with E-state index in [0.717, 1.165) is 16.3 Å². The van der Waals surface area contributed by atoms with Gasteiger partial charge in [0.2, 0.25) is 15.9 Å². The van der Waals surface area contributed by atoms with Crippen LogP contribution >= 0.6 is 0 Å². The molecule has 1 heterocycles. The van der Waals surface area contributed by atoms with E-state index in [-0.39, 0.29) is 11.3 Å². The fourth-order valence-electron chi connectivity index (χ4n) is 3.28. The first kappa shape index (κ1) is 20.7. The number of amides is 1. The number of carbonyl (C=O) groups is 1. The van der Waals surface area contributed by atoms with Crippen LogP contribution in [0.25, 0.3) is 10.8 Å². The number of sulfonamides is 1. The van der Waals surface area contributed by atoms with E-state index in [1.165, 1.54) is 0 Å². The molecule has 31 heavy (non-hydrogen) atoms. The minimum atomic E-state index is -3.94. The molecule has 0 aliphatic carbocycles. The monoisotopic (exact) mass is 431 g/mol. The number of fused-ring (bicyclic) bond motifs is 1. The van der Waals surface area contributed by atoms with Crippen molar-refractivity contribution in [2.45, 2.75) is 17.4 Å². The van der Waals surface area contributed by atoms with Gasteiger partial charge in [-0.3, -0.25) is 4.79 Å². The van der Waals surface area contributed by atoms with Gasteiger partial charge in [-0.25, -0.2) is 13.4 Å². The lowest BCUT2D eigenvalue weighted by molar-refractivity contribution is -0.117. The van der Waals surface area contributed by atoms with Crippen molar-refractivity contribution in [1.29, 1.82) is 0 Å². The molecule has 0 aliphatic rings. The van der Waals surface area contributed by atoms with Crippen molar-refractivity contribution in [3.63, 3.8) is 0 Å². The number of nitrogens with one attached hydrogen (secondary N) is 2. The van der Waals surface area contributed by atoms with Crippen LogP contribution in [-0.2, 0) is 21.2 Å². The van der Waals surface area contributed by atoms with Gasteiger partial charge >= 0.3 is 0 Å². The average Bonchev–Trinajstić information content (AvgIpc) is 2.79. The zero-order chi connectivity index (χ0) is 21.7. The topological polar surface area (TPSA) is 88.2 Å². The maximum absolute atomic E-state index is 13.1. The number of hydrogen-bond acceptors (Lipinski definition) is 4. The van der Waals surface area contributed by atoms with E-state index in [4.69, 9.17) is 0 Å². The Morgan fingerprint density at radius 1 is 0.839 bits per heavy atom. The highest BCUT2D eigenvalue weighted by Crippen LogP contribution is 2.19. The average molecular weight is 432 g/mol. The minimum Gasteiger partial charge on any atom is -0.309 e. The van der Waals surface area contributed by atoms with Crippen molar-refractivity contribution in [2.75, 3.05) is 5.32 Å². The maximum Gasteiger partial charge on any atom is 0.244 e. The second-order valence-corrected chi connectivity index (χ2v) is 8.79. The molecule has 1 aromatic heterocycles. The van der Waals surface area contributed by atoms with E-state index in [0.29, 0.717) is 5.82 Å². The second kappa shape index (κ2) is 9.07. The summed E-state index contributed by atoms with van der Waals surface area (Å²) in [5, 5.41) is 4.44. The van der Waals surface area contributed by atoms with Gasteiger partial charge in [-0.05, 0) is 47.0 Å². The van der Waals surface area contributed by atoms with Gasteiger partial charge in [0.15, 0.2) is 0 Å². The molecule has 156 valence electrons. The maximum atomic E-state index is 13.1. The fraction of sp³-hybridized carbons (Fsp3) is 0.0833. The summed E-state index contributed by atoms with van der Waals surface area (Å²) in [6.45, 7) is 0. The lowest BCUT2D eigenvalue weighted by Crippen LogP contribution is -2.45. The number of anilines is 1. The third-order valence-corrected chi connectivity index (χ3v) is 6.31. The van der Waals surface area contributed by atoms with Crippen LogP contribution in [0.1, 0.15) is 5.56 Å². The molecule has 4 aromatic rings. The van der Waals surface area contributed by atoms with Gasteiger partial charge in [0.05, 0.1) is 4.90 Å². The van der Waals surface area contributed by atoms with Crippen LogP contribution in [0, 0.1) is 0 Å². The van der Waals surface area contributed by atoms with Crippen LogP contribution in [0.15, 0.2) is 102 Å². The largest absolute Gasteiger partial charge is 0.309 e. The van der Waals surface area contributed by atoms with Gasteiger partial charge in [0.1, 0.15) is 11.9 Å². The molecule has 0 saturated carbocycles. The summed E-state index contributed by atoms with van der Waals surface area (Å²) in [5.74, 6) is -0.123. The third-order valence-electron chi connectivity index (χ3n) is 4.84. The molecule has 6 nitrogen and oxygen atoms in total. The number of hydrogen-bond donors (Lipinski definition) is 2. The molecule has 0 bridgehead atoms. The van der Waals surface area contributed by atoms with Crippen molar-refractivity contribution in [2.24, 2.45) is 0 Å². The number of rotatable bonds is 7. The molecule has 1 amide bonds. The SMILES string of the molecule is O=C(Nc1ccccn1)[C@H](Cc1ccccc1)NS(=O)(=O)c1ccc2ccccc2c1. The molecule has 2 N–H and O–H groups in total. The van der Waals surface area contributed by atoms with Crippen LogP contribution in [0.2, 0.25) is 0 Å². The zero-order valence-corrected chi connectivity index (χ0v) is 17.4. The van der Waals surface area contributed by atoms with Crippen molar-refractivity contribution in [3.8, 4) is 0 Å². The summed E-state index contributed by atoms with van der Waals surface area (Å²) in [4.78, 5) is 17.2. The first-order valence-corrected chi connectivity index (χ1v) is 11.3. The molecule has 0 aliphatic heterocycles. The Morgan fingerprint density at radius 2 is 1.55 bits per heavy atom. The van der Waals surface area contributed by atoms with Crippen molar-refractivity contribution in [3.05, 3.63) is 103 Å². The Balaban J connectivity index is 1.62. The van der Waals surface area contributed by atoms with E-state index in [1.807, 2.05) is 54.6 Å². The molecule has 4 rings (SSSR count). The number of benzene rings is 3. The van der Waals surface area contributed by atoms with Crippen molar-refractivity contribution >= 4 is 32.5 Å². The molecule has 0 unspecified atom stereocenters. The van der Waals surface area contributed by atoms with E-state index in [9.17, 15) is 13.2 Å². The van der Waals surface area contributed by atoms with Crippen LogP contribution < -0.4 is 10.0 Å². The molecule has 1 atom stereocenters.